The number of nitrogens with one attached hydrogen (secondary N) is 1. The molecule has 2 aromatic heterocycles. The molecule has 1 aromatic carbocycles. The van der Waals surface area contributed by atoms with Gasteiger partial charge in [0, 0.05) is 16.5 Å². The summed E-state index contributed by atoms with van der Waals surface area (Å²) in [5.41, 5.74) is 3.31. The van der Waals surface area contributed by atoms with Crippen LogP contribution in [0.3, 0.4) is 0 Å². The first-order chi connectivity index (χ1) is 13.0. The lowest BCUT2D eigenvalue weighted by molar-refractivity contribution is 0.181. The highest BCUT2D eigenvalue weighted by Gasteiger charge is 2.20. The number of thiophene rings is 1. The first-order valence-corrected chi connectivity index (χ1v) is 10.6. The molecule has 1 saturated carbocycles. The summed E-state index contributed by atoms with van der Waals surface area (Å²) in [6, 6.07) is 8.97. The standard InChI is InChI=1S/C22H27N3OS/c1-14-9-11-16(12-10-14)19-15(2)27-22-20(19)21(26)23-18(24-22)13-25(3)17-7-5-4-6-8-17/h9-12,17H,4-8,13H2,1-3H3,(H,23,24,26). The maximum absolute atomic E-state index is 12.9. The van der Waals surface area contributed by atoms with Gasteiger partial charge in [0.25, 0.3) is 5.56 Å². The number of fused-ring (bicyclic) bond motifs is 1. The Labute approximate surface area is 164 Å². The zero-order valence-corrected chi connectivity index (χ0v) is 17.2. The molecule has 0 amide bonds. The summed E-state index contributed by atoms with van der Waals surface area (Å²) in [7, 11) is 2.15. The number of hydrogen-bond acceptors (Lipinski definition) is 4. The monoisotopic (exact) mass is 381 g/mol. The van der Waals surface area contributed by atoms with E-state index in [0.29, 0.717) is 12.6 Å². The van der Waals surface area contributed by atoms with Gasteiger partial charge in [-0.2, -0.15) is 0 Å². The number of aromatic nitrogens is 2. The molecule has 0 aliphatic heterocycles. The second-order valence-corrected chi connectivity index (χ2v) is 9.00. The third-order valence-corrected chi connectivity index (χ3v) is 6.72. The van der Waals surface area contributed by atoms with Gasteiger partial charge in [0.15, 0.2) is 0 Å². The van der Waals surface area contributed by atoms with Crippen molar-refractivity contribution in [3.05, 3.63) is 50.9 Å². The summed E-state index contributed by atoms with van der Waals surface area (Å²) >= 11 is 1.62. The van der Waals surface area contributed by atoms with Gasteiger partial charge >= 0.3 is 0 Å². The molecular weight excluding hydrogens is 354 g/mol. The van der Waals surface area contributed by atoms with E-state index in [9.17, 15) is 4.79 Å². The lowest BCUT2D eigenvalue weighted by Crippen LogP contribution is -2.34. The Morgan fingerprint density at radius 1 is 1.15 bits per heavy atom. The summed E-state index contributed by atoms with van der Waals surface area (Å²) < 4.78 is 0. The van der Waals surface area contributed by atoms with E-state index in [1.165, 1.54) is 37.7 Å². The molecule has 4 nitrogen and oxygen atoms in total. The fourth-order valence-corrected chi connectivity index (χ4v) is 5.26. The first-order valence-electron chi connectivity index (χ1n) is 9.82. The Morgan fingerprint density at radius 3 is 2.56 bits per heavy atom. The van der Waals surface area contributed by atoms with Gasteiger partial charge in [-0.1, -0.05) is 49.1 Å². The van der Waals surface area contributed by atoms with Crippen LogP contribution in [0.5, 0.6) is 0 Å². The van der Waals surface area contributed by atoms with Crippen molar-refractivity contribution >= 4 is 21.6 Å². The quantitative estimate of drug-likeness (QED) is 0.689. The molecule has 27 heavy (non-hydrogen) atoms. The summed E-state index contributed by atoms with van der Waals surface area (Å²) in [6.45, 7) is 4.85. The van der Waals surface area contributed by atoms with Crippen molar-refractivity contribution in [2.75, 3.05) is 7.05 Å². The van der Waals surface area contributed by atoms with Gasteiger partial charge in [0.2, 0.25) is 0 Å². The van der Waals surface area contributed by atoms with E-state index in [0.717, 1.165) is 32.0 Å². The van der Waals surface area contributed by atoms with Crippen molar-refractivity contribution in [2.24, 2.45) is 0 Å². The Hall–Kier alpha value is -1.98. The second-order valence-electron chi connectivity index (χ2n) is 7.80. The van der Waals surface area contributed by atoms with Crippen LogP contribution in [0.25, 0.3) is 21.3 Å². The third kappa shape index (κ3) is 3.71. The molecule has 1 N–H and O–H groups in total. The number of benzene rings is 1. The van der Waals surface area contributed by atoms with E-state index in [-0.39, 0.29) is 5.56 Å². The van der Waals surface area contributed by atoms with Crippen LogP contribution in [-0.2, 0) is 6.54 Å². The molecule has 1 fully saturated rings. The fourth-order valence-electron chi connectivity index (χ4n) is 4.19. The first kappa shape index (κ1) is 18.4. The minimum atomic E-state index is -0.0213. The molecule has 0 radical (unpaired) electrons. The minimum absolute atomic E-state index is 0.0213. The molecule has 0 unspecified atom stereocenters. The second kappa shape index (κ2) is 7.56. The van der Waals surface area contributed by atoms with Gasteiger partial charge in [0.1, 0.15) is 10.7 Å². The molecule has 0 bridgehead atoms. The molecule has 0 saturated heterocycles. The van der Waals surface area contributed by atoms with Crippen LogP contribution in [0.1, 0.15) is 48.4 Å². The van der Waals surface area contributed by atoms with Crippen LogP contribution in [-0.4, -0.2) is 28.0 Å². The van der Waals surface area contributed by atoms with Crippen molar-refractivity contribution in [2.45, 2.75) is 58.5 Å². The lowest BCUT2D eigenvalue weighted by atomic mass is 9.94. The highest BCUT2D eigenvalue weighted by atomic mass is 32.1. The molecule has 5 heteroatoms. The van der Waals surface area contributed by atoms with Gasteiger partial charge in [-0.25, -0.2) is 4.98 Å². The molecular formula is C22H27N3OS. The maximum atomic E-state index is 12.9. The zero-order valence-electron chi connectivity index (χ0n) is 16.3. The van der Waals surface area contributed by atoms with Gasteiger partial charge in [0.05, 0.1) is 11.9 Å². The average molecular weight is 382 g/mol. The van der Waals surface area contributed by atoms with E-state index in [4.69, 9.17) is 4.98 Å². The van der Waals surface area contributed by atoms with Crippen molar-refractivity contribution in [1.29, 1.82) is 0 Å². The van der Waals surface area contributed by atoms with Crippen LogP contribution in [0.4, 0.5) is 0 Å². The van der Waals surface area contributed by atoms with Crippen LogP contribution in [0.2, 0.25) is 0 Å². The van der Waals surface area contributed by atoms with Gasteiger partial charge in [-0.05, 0) is 39.3 Å². The topological polar surface area (TPSA) is 49.0 Å². The fraction of sp³-hybridized carbons (Fsp3) is 0.455. The number of hydrogen-bond donors (Lipinski definition) is 1. The molecule has 0 spiro atoms. The molecule has 1 aliphatic carbocycles. The van der Waals surface area contributed by atoms with Gasteiger partial charge in [-0.15, -0.1) is 11.3 Å². The summed E-state index contributed by atoms with van der Waals surface area (Å²) in [6.07, 6.45) is 6.46. The molecule has 0 atom stereocenters. The molecule has 2 heterocycles. The predicted molar refractivity (Wildman–Crippen MR) is 113 cm³/mol. The Morgan fingerprint density at radius 2 is 1.85 bits per heavy atom. The lowest BCUT2D eigenvalue weighted by Gasteiger charge is -2.30. The molecule has 1 aliphatic rings. The van der Waals surface area contributed by atoms with Crippen LogP contribution >= 0.6 is 11.3 Å². The normalized spacial score (nSPS) is 15.7. The van der Waals surface area contributed by atoms with Crippen molar-refractivity contribution in [3.8, 4) is 11.1 Å². The Kier molecular flexibility index (Phi) is 5.15. The third-order valence-electron chi connectivity index (χ3n) is 5.72. The summed E-state index contributed by atoms with van der Waals surface area (Å²) in [5, 5.41) is 0.727. The zero-order chi connectivity index (χ0) is 19.0. The summed E-state index contributed by atoms with van der Waals surface area (Å²) in [4.78, 5) is 25.1. The summed E-state index contributed by atoms with van der Waals surface area (Å²) in [5.74, 6) is 0.775. The molecule has 3 aromatic rings. The van der Waals surface area contributed by atoms with Crippen molar-refractivity contribution in [3.63, 3.8) is 0 Å². The number of aryl methyl sites for hydroxylation is 2. The van der Waals surface area contributed by atoms with E-state index in [2.05, 4.69) is 55.0 Å². The van der Waals surface area contributed by atoms with Gasteiger partial charge < -0.3 is 4.98 Å². The number of aromatic amines is 1. The number of H-pyrrole nitrogens is 1. The Bertz CT molecular complexity index is 997. The minimum Gasteiger partial charge on any atom is -0.309 e. The van der Waals surface area contributed by atoms with Crippen LogP contribution < -0.4 is 5.56 Å². The maximum Gasteiger partial charge on any atom is 0.260 e. The molecule has 142 valence electrons. The highest BCUT2D eigenvalue weighted by Crippen LogP contribution is 2.35. The van der Waals surface area contributed by atoms with E-state index in [1.54, 1.807) is 11.3 Å². The smallest absolute Gasteiger partial charge is 0.260 e. The van der Waals surface area contributed by atoms with E-state index < -0.39 is 0 Å². The molecule has 4 rings (SSSR count). The Balaban J connectivity index is 1.68. The number of rotatable bonds is 4. The van der Waals surface area contributed by atoms with Crippen molar-refractivity contribution < 1.29 is 0 Å². The van der Waals surface area contributed by atoms with Crippen molar-refractivity contribution in [1.82, 2.24) is 14.9 Å². The highest BCUT2D eigenvalue weighted by molar-refractivity contribution is 7.19. The number of nitrogens with zero attached hydrogens (tertiary/aromatic N) is 2. The van der Waals surface area contributed by atoms with Gasteiger partial charge in [-0.3, -0.25) is 9.69 Å². The largest absolute Gasteiger partial charge is 0.309 e. The van der Waals surface area contributed by atoms with E-state index in [1.807, 2.05) is 0 Å². The van der Waals surface area contributed by atoms with Crippen LogP contribution in [0.15, 0.2) is 29.1 Å². The van der Waals surface area contributed by atoms with Crippen LogP contribution in [0, 0.1) is 13.8 Å². The SMILES string of the molecule is Cc1ccc(-c2c(C)sc3nc(CN(C)C4CCCCC4)[nH]c(=O)c23)cc1. The van der Waals surface area contributed by atoms with E-state index >= 15 is 0 Å². The predicted octanol–water partition coefficient (Wildman–Crippen LogP) is 5.03. The average Bonchev–Trinajstić information content (AvgIpc) is 2.99.